The molecule has 1 fully saturated rings. The van der Waals surface area contributed by atoms with Gasteiger partial charge >= 0.3 is 5.97 Å². The fourth-order valence-electron chi connectivity index (χ4n) is 2.34. The van der Waals surface area contributed by atoms with Crippen LogP contribution in [0.4, 0.5) is 4.39 Å². The Morgan fingerprint density at radius 2 is 1.90 bits per heavy atom. The topological polar surface area (TPSA) is 49.9 Å². The molecule has 0 atom stereocenters. The van der Waals surface area contributed by atoms with E-state index < -0.39 is 5.82 Å². The molecule has 1 heterocycles. The number of methoxy groups -OCH3 is 1. The molecule has 1 saturated heterocycles. The summed E-state index contributed by atoms with van der Waals surface area (Å²) in [6.07, 6.45) is 0. The molecule has 6 heteroatoms. The van der Waals surface area contributed by atoms with Crippen molar-refractivity contribution >= 4 is 11.9 Å². The molecule has 0 aliphatic carbocycles. The zero-order valence-corrected chi connectivity index (χ0v) is 12.3. The second kappa shape index (κ2) is 6.67. The van der Waals surface area contributed by atoms with E-state index in [2.05, 4.69) is 4.74 Å². The quantitative estimate of drug-likeness (QED) is 0.782. The van der Waals surface area contributed by atoms with Crippen molar-refractivity contribution in [3.8, 4) is 0 Å². The number of carbonyl (C=O) groups is 2. The van der Waals surface area contributed by atoms with Gasteiger partial charge in [0.15, 0.2) is 0 Å². The molecule has 114 valence electrons. The van der Waals surface area contributed by atoms with E-state index in [0.717, 1.165) is 0 Å². The molecule has 1 amide bonds. The van der Waals surface area contributed by atoms with Crippen molar-refractivity contribution in [1.29, 1.82) is 0 Å². The van der Waals surface area contributed by atoms with Gasteiger partial charge in [-0.1, -0.05) is 12.1 Å². The van der Waals surface area contributed by atoms with Gasteiger partial charge in [-0.25, -0.2) is 4.39 Å². The molecule has 1 aliphatic rings. The van der Waals surface area contributed by atoms with Crippen LogP contribution in [0.5, 0.6) is 0 Å². The van der Waals surface area contributed by atoms with Gasteiger partial charge in [0.25, 0.3) is 5.91 Å². The Morgan fingerprint density at radius 3 is 2.52 bits per heavy atom. The zero-order chi connectivity index (χ0) is 15.4. The van der Waals surface area contributed by atoms with Crippen LogP contribution in [0.25, 0.3) is 0 Å². The number of piperazine rings is 1. The minimum absolute atomic E-state index is 0.108. The van der Waals surface area contributed by atoms with Gasteiger partial charge in [0.1, 0.15) is 5.82 Å². The minimum Gasteiger partial charge on any atom is -0.468 e. The van der Waals surface area contributed by atoms with Crippen LogP contribution < -0.4 is 0 Å². The predicted molar refractivity (Wildman–Crippen MR) is 75.5 cm³/mol. The number of nitrogens with zero attached hydrogens (tertiary/aromatic N) is 2. The first-order chi connectivity index (χ1) is 10.0. The molecular weight excluding hydrogens is 275 g/mol. The molecule has 5 nitrogen and oxygen atoms in total. The van der Waals surface area contributed by atoms with Crippen LogP contribution in [0, 0.1) is 12.7 Å². The van der Waals surface area contributed by atoms with E-state index >= 15 is 0 Å². The van der Waals surface area contributed by atoms with Crippen molar-refractivity contribution in [3.63, 3.8) is 0 Å². The monoisotopic (exact) mass is 294 g/mol. The van der Waals surface area contributed by atoms with Gasteiger partial charge in [-0.2, -0.15) is 0 Å². The highest BCUT2D eigenvalue weighted by atomic mass is 19.1. The summed E-state index contributed by atoms with van der Waals surface area (Å²) in [7, 11) is 1.35. The summed E-state index contributed by atoms with van der Waals surface area (Å²) in [4.78, 5) is 27.1. The first kappa shape index (κ1) is 15.4. The van der Waals surface area contributed by atoms with Crippen LogP contribution in [0.1, 0.15) is 15.9 Å². The number of carbonyl (C=O) groups excluding carboxylic acids is 2. The normalized spacial score (nSPS) is 15.9. The third kappa shape index (κ3) is 3.58. The number of hydrogen-bond donors (Lipinski definition) is 0. The van der Waals surface area contributed by atoms with Crippen molar-refractivity contribution < 1.29 is 18.7 Å². The number of esters is 1. The summed E-state index contributed by atoms with van der Waals surface area (Å²) in [5.74, 6) is -1.05. The Bertz CT molecular complexity index is 540. The molecule has 1 aromatic carbocycles. The summed E-state index contributed by atoms with van der Waals surface area (Å²) < 4.78 is 18.6. The molecule has 0 unspecified atom stereocenters. The van der Waals surface area contributed by atoms with Crippen molar-refractivity contribution in [2.75, 3.05) is 39.8 Å². The number of ether oxygens (including phenoxy) is 1. The zero-order valence-electron chi connectivity index (χ0n) is 12.3. The van der Waals surface area contributed by atoms with Crippen molar-refractivity contribution in [1.82, 2.24) is 9.80 Å². The minimum atomic E-state index is -0.459. The number of aryl methyl sites for hydroxylation is 1. The van der Waals surface area contributed by atoms with E-state index in [4.69, 9.17) is 0 Å². The molecule has 0 spiro atoms. The second-order valence-electron chi connectivity index (χ2n) is 5.08. The molecule has 2 rings (SSSR count). The van der Waals surface area contributed by atoms with Gasteiger partial charge in [0.2, 0.25) is 0 Å². The van der Waals surface area contributed by atoms with Crippen LogP contribution in [0.2, 0.25) is 0 Å². The summed E-state index contributed by atoms with van der Waals surface area (Å²) in [6, 6.07) is 4.82. The van der Waals surface area contributed by atoms with Crippen LogP contribution in [0.3, 0.4) is 0 Å². The molecule has 0 aromatic heterocycles. The van der Waals surface area contributed by atoms with Crippen molar-refractivity contribution in [2.45, 2.75) is 6.92 Å². The number of benzene rings is 1. The van der Waals surface area contributed by atoms with E-state index in [9.17, 15) is 14.0 Å². The van der Waals surface area contributed by atoms with E-state index in [1.165, 1.54) is 13.2 Å². The number of hydrogen-bond acceptors (Lipinski definition) is 4. The van der Waals surface area contributed by atoms with Crippen molar-refractivity contribution in [2.24, 2.45) is 0 Å². The lowest BCUT2D eigenvalue weighted by Crippen LogP contribution is -2.50. The lowest BCUT2D eigenvalue weighted by Gasteiger charge is -2.34. The second-order valence-corrected chi connectivity index (χ2v) is 5.08. The average molecular weight is 294 g/mol. The Labute approximate surface area is 123 Å². The molecule has 0 saturated carbocycles. The van der Waals surface area contributed by atoms with Crippen LogP contribution in [-0.2, 0) is 9.53 Å². The highest BCUT2D eigenvalue weighted by Crippen LogP contribution is 2.15. The maximum absolute atomic E-state index is 14.0. The van der Waals surface area contributed by atoms with E-state index in [-0.39, 0.29) is 24.0 Å². The maximum atomic E-state index is 14.0. The molecular formula is C15H19FN2O3. The van der Waals surface area contributed by atoms with E-state index in [0.29, 0.717) is 31.7 Å². The Balaban J connectivity index is 1.97. The van der Waals surface area contributed by atoms with Gasteiger partial charge in [-0.05, 0) is 18.6 Å². The Hall–Kier alpha value is -1.95. The fourth-order valence-corrected chi connectivity index (χ4v) is 2.34. The standard InChI is InChI=1S/C15H19FN2O3/c1-11-4-3-5-12(14(11)16)15(20)18-8-6-17(7-9-18)10-13(19)21-2/h3-5H,6-10H2,1-2H3. The van der Waals surface area contributed by atoms with Crippen LogP contribution >= 0.6 is 0 Å². The number of amides is 1. The largest absolute Gasteiger partial charge is 0.468 e. The number of rotatable bonds is 3. The highest BCUT2D eigenvalue weighted by molar-refractivity contribution is 5.94. The fraction of sp³-hybridized carbons (Fsp3) is 0.467. The van der Waals surface area contributed by atoms with Gasteiger partial charge < -0.3 is 9.64 Å². The summed E-state index contributed by atoms with van der Waals surface area (Å²) in [5.41, 5.74) is 0.571. The number of halogens is 1. The summed E-state index contributed by atoms with van der Waals surface area (Å²) in [5, 5.41) is 0. The van der Waals surface area contributed by atoms with E-state index in [1.54, 1.807) is 24.0 Å². The van der Waals surface area contributed by atoms with Gasteiger partial charge in [0, 0.05) is 26.2 Å². The lowest BCUT2D eigenvalue weighted by atomic mass is 10.1. The summed E-state index contributed by atoms with van der Waals surface area (Å²) in [6.45, 7) is 3.96. The third-order valence-electron chi connectivity index (χ3n) is 3.66. The predicted octanol–water partition coefficient (Wildman–Crippen LogP) is 1.06. The SMILES string of the molecule is COC(=O)CN1CCN(C(=O)c2cccc(C)c2F)CC1. The van der Waals surface area contributed by atoms with E-state index in [1.807, 2.05) is 4.90 Å². The Kier molecular flexibility index (Phi) is 4.90. The molecule has 0 N–H and O–H groups in total. The molecule has 0 radical (unpaired) electrons. The van der Waals surface area contributed by atoms with Gasteiger partial charge in [-0.3, -0.25) is 14.5 Å². The molecule has 21 heavy (non-hydrogen) atoms. The average Bonchev–Trinajstić information content (AvgIpc) is 2.50. The van der Waals surface area contributed by atoms with Crippen molar-refractivity contribution in [3.05, 3.63) is 35.1 Å². The lowest BCUT2D eigenvalue weighted by molar-refractivity contribution is -0.142. The first-order valence-corrected chi connectivity index (χ1v) is 6.86. The Morgan fingerprint density at radius 1 is 1.24 bits per heavy atom. The highest BCUT2D eigenvalue weighted by Gasteiger charge is 2.25. The maximum Gasteiger partial charge on any atom is 0.319 e. The molecule has 0 bridgehead atoms. The third-order valence-corrected chi connectivity index (χ3v) is 3.66. The molecule has 1 aromatic rings. The summed E-state index contributed by atoms with van der Waals surface area (Å²) >= 11 is 0. The molecule has 1 aliphatic heterocycles. The van der Waals surface area contributed by atoms with Crippen LogP contribution in [0.15, 0.2) is 18.2 Å². The van der Waals surface area contributed by atoms with Gasteiger partial charge in [-0.15, -0.1) is 0 Å². The smallest absolute Gasteiger partial charge is 0.319 e. The first-order valence-electron chi connectivity index (χ1n) is 6.86. The van der Waals surface area contributed by atoms with Crippen LogP contribution in [-0.4, -0.2) is 61.5 Å². The van der Waals surface area contributed by atoms with Gasteiger partial charge in [0.05, 0.1) is 19.2 Å².